The number of benzene rings is 1. The number of carbonyl (C=O) groups is 1. The van der Waals surface area contributed by atoms with Crippen molar-refractivity contribution in [3.8, 4) is 5.75 Å². The van der Waals surface area contributed by atoms with Crippen molar-refractivity contribution in [1.29, 1.82) is 0 Å². The van der Waals surface area contributed by atoms with Crippen molar-refractivity contribution in [2.75, 3.05) is 31.8 Å². The largest absolute Gasteiger partial charge is 1.00 e. The van der Waals surface area contributed by atoms with E-state index < -0.39 is 5.97 Å². The number of methoxy groups -OCH3 is 1. The molecule has 8 heteroatoms. The summed E-state index contributed by atoms with van der Waals surface area (Å²) in [6.07, 6.45) is 0. The molecule has 1 saturated heterocycles. The van der Waals surface area contributed by atoms with E-state index in [0.29, 0.717) is 21.5 Å². The molecule has 0 unspecified atom stereocenters. The van der Waals surface area contributed by atoms with Crippen LogP contribution in [0.3, 0.4) is 0 Å². The fourth-order valence-electron chi connectivity index (χ4n) is 2.70. The molecule has 6 nitrogen and oxygen atoms in total. The molecule has 0 radical (unpaired) electrons. The number of hydrogen-bond acceptors (Lipinski definition) is 6. The molecule has 0 N–H and O–H groups in total. The maximum absolute atomic E-state index is 10.9. The van der Waals surface area contributed by atoms with Gasteiger partial charge in [-0.2, -0.15) is 0 Å². The first-order valence-corrected chi connectivity index (χ1v) is 9.43. The van der Waals surface area contributed by atoms with Crippen LogP contribution in [0.2, 0.25) is 5.32 Å². The summed E-state index contributed by atoms with van der Waals surface area (Å²) in [4.78, 5) is 12.9. The second-order valence-electron chi connectivity index (χ2n) is 5.37. The van der Waals surface area contributed by atoms with Gasteiger partial charge in [-0.15, -0.1) is 0 Å². The number of rotatable bonds is 4. The van der Waals surface area contributed by atoms with Crippen LogP contribution < -0.4 is 44.4 Å². The molecule has 24 heavy (non-hydrogen) atoms. The van der Waals surface area contributed by atoms with Gasteiger partial charge < -0.3 is 0 Å². The van der Waals surface area contributed by atoms with Crippen LogP contribution in [0.1, 0.15) is 6.92 Å². The quantitative estimate of drug-likeness (QED) is 0.513. The normalized spacial score (nSPS) is 20.0. The SMILES string of the molecule is COc1ccc(N2C/C(=C3/[Se]CCN3CC(=O)[O-])C(C)=N2)cc1.[Na+]. The molecule has 1 fully saturated rings. The Bertz CT molecular complexity index is 676. The van der Waals surface area contributed by atoms with E-state index in [1.165, 1.54) is 0 Å². The minimum Gasteiger partial charge on any atom is 1.00 e. The number of nitrogens with zero attached hydrogens (tertiary/aromatic N) is 3. The van der Waals surface area contributed by atoms with Gasteiger partial charge in [0.25, 0.3) is 0 Å². The van der Waals surface area contributed by atoms with E-state index >= 15 is 0 Å². The third kappa shape index (κ3) is 4.16. The van der Waals surface area contributed by atoms with Gasteiger partial charge >= 0.3 is 171 Å². The molecular formula is C16H18N3NaO3Se. The standard InChI is InChI=1S/C16H19N3O3Se.Na/c1-11-14(16-18(7-8-23-16)10-15(20)21)9-19(17-11)12-3-5-13(22-2)6-4-12;/h3-6H,7-10H2,1-2H3,(H,20,21);/q;+1/p-1/b16-14-;. The van der Waals surface area contributed by atoms with Crippen molar-refractivity contribution < 1.29 is 44.2 Å². The third-order valence-electron chi connectivity index (χ3n) is 3.85. The summed E-state index contributed by atoms with van der Waals surface area (Å²) in [6, 6.07) is 7.77. The Labute approximate surface area is 170 Å². The fourth-order valence-corrected chi connectivity index (χ4v) is 5.28. The van der Waals surface area contributed by atoms with Crippen molar-refractivity contribution in [3.05, 3.63) is 34.4 Å². The Kier molecular flexibility index (Phi) is 6.78. The first kappa shape index (κ1) is 19.3. The van der Waals surface area contributed by atoms with Gasteiger partial charge in [-0.3, -0.25) is 0 Å². The van der Waals surface area contributed by atoms with Crippen molar-refractivity contribution in [3.63, 3.8) is 0 Å². The molecule has 1 aromatic rings. The average molecular weight is 402 g/mol. The predicted octanol–water partition coefficient (Wildman–Crippen LogP) is -2.71. The molecule has 2 heterocycles. The molecule has 3 rings (SSSR count). The van der Waals surface area contributed by atoms with Gasteiger partial charge in [0.05, 0.1) is 0 Å². The minimum atomic E-state index is -1.03. The monoisotopic (exact) mass is 403 g/mol. The van der Waals surface area contributed by atoms with Gasteiger partial charge in [0, 0.05) is 0 Å². The number of anilines is 1. The third-order valence-corrected chi connectivity index (χ3v) is 6.29. The topological polar surface area (TPSA) is 68.2 Å². The van der Waals surface area contributed by atoms with Crippen molar-refractivity contribution in [1.82, 2.24) is 4.90 Å². The number of carboxylic acid groups (broad SMARTS) is 1. The van der Waals surface area contributed by atoms with Gasteiger partial charge in [-0.1, -0.05) is 0 Å². The van der Waals surface area contributed by atoms with Crippen LogP contribution >= 0.6 is 0 Å². The Morgan fingerprint density at radius 2 is 2.08 bits per heavy atom. The minimum absolute atomic E-state index is 0. The smallest absolute Gasteiger partial charge is 1.00 e. The zero-order chi connectivity index (χ0) is 16.4. The van der Waals surface area contributed by atoms with Crippen LogP contribution in [-0.2, 0) is 4.79 Å². The molecule has 122 valence electrons. The number of ether oxygens (including phenoxy) is 1. The summed E-state index contributed by atoms with van der Waals surface area (Å²) >= 11 is 0.303. The first-order chi connectivity index (χ1) is 11.1. The van der Waals surface area contributed by atoms with Crippen LogP contribution in [0.25, 0.3) is 0 Å². The van der Waals surface area contributed by atoms with Crippen molar-refractivity contribution in [2.24, 2.45) is 5.10 Å². The van der Waals surface area contributed by atoms with Crippen LogP contribution in [0, 0.1) is 0 Å². The summed E-state index contributed by atoms with van der Waals surface area (Å²) in [5.74, 6) is -0.216. The van der Waals surface area contributed by atoms with Crippen LogP contribution in [0.15, 0.2) is 39.5 Å². The molecule has 0 atom stereocenters. The average Bonchev–Trinajstić information content (AvgIpc) is 3.13. The number of hydrogen-bond donors (Lipinski definition) is 0. The summed E-state index contributed by atoms with van der Waals surface area (Å²) in [5, 5.41) is 18.5. The van der Waals surface area contributed by atoms with Crippen LogP contribution in [0.4, 0.5) is 5.69 Å². The van der Waals surface area contributed by atoms with E-state index in [2.05, 4.69) is 5.10 Å². The van der Waals surface area contributed by atoms with E-state index in [4.69, 9.17) is 4.74 Å². The molecule has 2 aliphatic rings. The van der Waals surface area contributed by atoms with Crippen LogP contribution in [-0.4, -0.2) is 58.3 Å². The molecule has 0 aliphatic carbocycles. The molecule has 1 aromatic carbocycles. The second-order valence-corrected chi connectivity index (χ2v) is 7.64. The summed E-state index contributed by atoms with van der Waals surface area (Å²) in [6.45, 7) is 3.43. The molecule has 0 amide bonds. The molecule has 0 bridgehead atoms. The van der Waals surface area contributed by atoms with Gasteiger partial charge in [0.1, 0.15) is 0 Å². The number of hydrazone groups is 1. The van der Waals surface area contributed by atoms with Crippen LogP contribution in [0.5, 0.6) is 5.75 Å². The second kappa shape index (κ2) is 8.41. The summed E-state index contributed by atoms with van der Waals surface area (Å²) in [7, 11) is 1.64. The maximum atomic E-state index is 10.9. The van der Waals surface area contributed by atoms with E-state index in [0.717, 1.165) is 39.2 Å². The zero-order valence-corrected chi connectivity index (χ0v) is 17.8. The van der Waals surface area contributed by atoms with Gasteiger partial charge in [0.2, 0.25) is 0 Å². The predicted molar refractivity (Wildman–Crippen MR) is 87.6 cm³/mol. The van der Waals surface area contributed by atoms with E-state index in [1.807, 2.05) is 41.1 Å². The fraction of sp³-hybridized carbons (Fsp3) is 0.375. The number of carbonyl (C=O) groups excluding carboxylic acids is 1. The van der Waals surface area contributed by atoms with Crippen molar-refractivity contribution in [2.45, 2.75) is 12.2 Å². The van der Waals surface area contributed by atoms with E-state index in [-0.39, 0.29) is 36.1 Å². The summed E-state index contributed by atoms with van der Waals surface area (Å²) < 4.78 is 6.33. The Hall–Kier alpha value is -0.981. The number of aliphatic carboxylic acids is 1. The van der Waals surface area contributed by atoms with Gasteiger partial charge in [-0.25, -0.2) is 0 Å². The molecular weight excluding hydrogens is 384 g/mol. The summed E-state index contributed by atoms with van der Waals surface area (Å²) in [5.41, 5.74) is 3.11. The van der Waals surface area contributed by atoms with E-state index in [1.54, 1.807) is 7.11 Å². The number of carboxylic acids is 1. The molecule has 0 spiro atoms. The first-order valence-electron chi connectivity index (χ1n) is 7.36. The molecule has 0 saturated carbocycles. The van der Waals surface area contributed by atoms with Gasteiger partial charge in [-0.05, 0) is 0 Å². The zero-order valence-electron chi connectivity index (χ0n) is 14.1. The molecule has 2 aliphatic heterocycles. The Morgan fingerprint density at radius 3 is 2.71 bits per heavy atom. The Balaban J connectivity index is 0.00000208. The Morgan fingerprint density at radius 1 is 1.38 bits per heavy atom. The van der Waals surface area contributed by atoms with Crippen molar-refractivity contribution >= 4 is 32.3 Å². The molecule has 0 aromatic heterocycles. The van der Waals surface area contributed by atoms with E-state index in [9.17, 15) is 9.90 Å². The van der Waals surface area contributed by atoms with Gasteiger partial charge in [0.15, 0.2) is 0 Å². The maximum Gasteiger partial charge on any atom is 1.00 e.